The first-order valence-electron chi connectivity index (χ1n) is 18.0. The highest BCUT2D eigenvalue weighted by molar-refractivity contribution is 4.66. The molecule has 0 fully saturated rings. The predicted octanol–water partition coefficient (Wildman–Crippen LogP) is 8.22. The SMILES string of the molecule is CC.CC.CC.CC.CC.CC(C)n1ccnn1.CC(C)n1cncn1.CC(C)n1cnnn1.CC(C)n1nccn1.CC(C)n1ncnn1. The zero-order valence-electron chi connectivity index (χ0n) is 35.1. The van der Waals surface area contributed by atoms with Crippen molar-refractivity contribution < 1.29 is 0 Å². The van der Waals surface area contributed by atoms with Crippen LogP contribution in [0.25, 0.3) is 0 Å². The van der Waals surface area contributed by atoms with Gasteiger partial charge < -0.3 is 0 Å². The Kier molecular flexibility index (Phi) is 44.8. The molecule has 5 aromatic heterocycles. The van der Waals surface area contributed by atoms with Crippen molar-refractivity contribution in [3.63, 3.8) is 0 Å². The third-order valence-corrected chi connectivity index (χ3v) is 4.55. The Labute approximate surface area is 303 Å². The standard InChI is InChI=1S/3C5H9N3.2C4H8N4.5C2H6/c1-5(2)8-4-6-3-7-8;1-5(2)8-4-3-6-7-8;1-5(2)8-6-3-4-7-8;1-4(2)8-3-5-6-7-8;1-4(2)8-6-3-5-7-8;5*1-2/h3*3-5H,1-2H3;2*3-4H,1-2H3;5*1-2H3. The van der Waals surface area contributed by atoms with Crippen molar-refractivity contribution >= 4 is 0 Å². The molecule has 0 aromatic carbocycles. The third kappa shape index (κ3) is 30.9. The molecule has 0 aliphatic carbocycles. The normalized spacial score (nSPS) is 8.90. The minimum atomic E-state index is 0.317. The molecule has 0 atom stereocenters. The summed E-state index contributed by atoms with van der Waals surface area (Å²) in [6.45, 7) is 40.4. The molecule has 0 amide bonds. The van der Waals surface area contributed by atoms with E-state index in [0.717, 1.165) is 0 Å². The molecule has 5 rings (SSSR count). The van der Waals surface area contributed by atoms with Crippen molar-refractivity contribution in [2.24, 2.45) is 0 Å². The zero-order chi connectivity index (χ0) is 39.9. The summed E-state index contributed by atoms with van der Waals surface area (Å²) in [5.41, 5.74) is 0. The van der Waals surface area contributed by atoms with Gasteiger partial charge in [0.1, 0.15) is 19.0 Å². The molecule has 0 bridgehead atoms. The topological polar surface area (TPSA) is 179 Å². The predicted molar refractivity (Wildman–Crippen MR) is 204 cm³/mol. The van der Waals surface area contributed by atoms with Gasteiger partial charge in [-0.05, 0) is 84.9 Å². The molecule has 0 radical (unpaired) electrons. The molecule has 0 spiro atoms. The van der Waals surface area contributed by atoms with Crippen LogP contribution in [0.3, 0.4) is 0 Å². The number of rotatable bonds is 5. The fourth-order valence-corrected chi connectivity index (χ4v) is 2.29. The van der Waals surface area contributed by atoms with E-state index in [9.17, 15) is 0 Å². The Balaban J connectivity index is -0.000000158. The lowest BCUT2D eigenvalue weighted by molar-refractivity contribution is 0.455. The Morgan fingerprint density at radius 3 is 1.08 bits per heavy atom. The summed E-state index contributed by atoms with van der Waals surface area (Å²) in [5.74, 6) is 0. The number of aromatic nitrogens is 17. The van der Waals surface area contributed by atoms with Gasteiger partial charge in [-0.3, -0.25) is 9.36 Å². The maximum absolute atomic E-state index is 3.92. The van der Waals surface area contributed by atoms with Crippen LogP contribution < -0.4 is 0 Å². The van der Waals surface area contributed by atoms with Crippen LogP contribution in [-0.2, 0) is 0 Å². The molecule has 5 heterocycles. The first-order chi connectivity index (χ1) is 24.0. The van der Waals surface area contributed by atoms with Crippen LogP contribution in [0.1, 0.15) is 169 Å². The summed E-state index contributed by atoms with van der Waals surface area (Å²) in [5, 5.41) is 40.9. The Bertz CT molecular complexity index is 944. The van der Waals surface area contributed by atoms with Crippen LogP contribution in [0.5, 0.6) is 0 Å². The fraction of sp³-hybridized carbons (Fsp3) is 0.758. The smallest absolute Gasteiger partial charge is 0.162 e. The number of hydrogen-bond donors (Lipinski definition) is 0. The van der Waals surface area contributed by atoms with Gasteiger partial charge in [0, 0.05) is 24.3 Å². The average molecular weight is 708 g/mol. The molecule has 0 unspecified atom stereocenters. The van der Waals surface area contributed by atoms with E-state index >= 15 is 0 Å². The maximum Gasteiger partial charge on any atom is 0.162 e. The summed E-state index contributed by atoms with van der Waals surface area (Å²) in [7, 11) is 0. The number of nitrogens with zero attached hydrogens (tertiary/aromatic N) is 17. The van der Waals surface area contributed by atoms with E-state index in [4.69, 9.17) is 0 Å². The summed E-state index contributed by atoms with van der Waals surface area (Å²) in [4.78, 5) is 7.02. The van der Waals surface area contributed by atoms with Crippen LogP contribution in [0.2, 0.25) is 0 Å². The Morgan fingerprint density at radius 1 is 0.380 bits per heavy atom. The first kappa shape index (κ1) is 55.0. The first-order valence-corrected chi connectivity index (χ1v) is 18.0. The minimum absolute atomic E-state index is 0.317. The zero-order valence-corrected chi connectivity index (χ0v) is 35.1. The van der Waals surface area contributed by atoms with E-state index in [1.165, 1.54) is 6.33 Å². The van der Waals surface area contributed by atoms with E-state index in [2.05, 4.69) is 89.2 Å². The lowest BCUT2D eigenvalue weighted by atomic mass is 10.4. The van der Waals surface area contributed by atoms with E-state index in [1.807, 2.05) is 117 Å². The van der Waals surface area contributed by atoms with E-state index < -0.39 is 0 Å². The van der Waals surface area contributed by atoms with Crippen molar-refractivity contribution in [3.05, 3.63) is 50.1 Å². The Morgan fingerprint density at radius 2 is 0.880 bits per heavy atom. The second-order valence-corrected chi connectivity index (χ2v) is 9.62. The highest BCUT2D eigenvalue weighted by Crippen LogP contribution is 1.98. The van der Waals surface area contributed by atoms with Gasteiger partial charge in [-0.1, -0.05) is 74.5 Å². The van der Waals surface area contributed by atoms with Crippen molar-refractivity contribution in [1.29, 1.82) is 0 Å². The molecule has 0 saturated carbocycles. The molecule has 290 valence electrons. The van der Waals surface area contributed by atoms with Crippen LogP contribution in [-0.4, -0.2) is 85.2 Å². The van der Waals surface area contributed by atoms with Crippen molar-refractivity contribution in [3.8, 4) is 0 Å². The average Bonchev–Trinajstić information content (AvgIpc) is 4.00. The van der Waals surface area contributed by atoms with Crippen molar-refractivity contribution in [2.45, 2.75) is 169 Å². The second kappa shape index (κ2) is 40.7. The molecule has 0 aliphatic rings. The van der Waals surface area contributed by atoms with Crippen LogP contribution in [0.15, 0.2) is 50.1 Å². The summed E-state index contributed by atoms with van der Waals surface area (Å²) < 4.78 is 5.31. The van der Waals surface area contributed by atoms with Gasteiger partial charge in [0.05, 0.1) is 30.7 Å². The highest BCUT2D eigenvalue weighted by atomic mass is 15.6. The molecular formula is C33H73N17. The molecule has 50 heavy (non-hydrogen) atoms. The van der Waals surface area contributed by atoms with Crippen molar-refractivity contribution in [2.75, 3.05) is 0 Å². The summed E-state index contributed by atoms with van der Waals surface area (Å²) in [6, 6.07) is 1.92. The van der Waals surface area contributed by atoms with Crippen LogP contribution in [0, 0.1) is 0 Å². The lowest BCUT2D eigenvalue weighted by Gasteiger charge is -2.00. The van der Waals surface area contributed by atoms with Crippen LogP contribution in [0.4, 0.5) is 0 Å². The van der Waals surface area contributed by atoms with E-state index in [0.29, 0.717) is 30.2 Å². The summed E-state index contributed by atoms with van der Waals surface area (Å²) in [6.07, 6.45) is 13.2. The fourth-order valence-electron chi connectivity index (χ4n) is 2.29. The monoisotopic (exact) mass is 708 g/mol. The Hall–Kier alpha value is -4.44. The van der Waals surface area contributed by atoms with Crippen molar-refractivity contribution in [1.82, 2.24) is 85.2 Å². The van der Waals surface area contributed by atoms with Gasteiger partial charge in [0.2, 0.25) is 0 Å². The molecule has 17 heteroatoms. The van der Waals surface area contributed by atoms with Gasteiger partial charge in [-0.25, -0.2) is 9.67 Å². The van der Waals surface area contributed by atoms with Gasteiger partial charge in [-0.15, -0.1) is 20.4 Å². The van der Waals surface area contributed by atoms with E-state index in [-0.39, 0.29) is 0 Å². The van der Waals surface area contributed by atoms with Gasteiger partial charge in [0.15, 0.2) is 6.33 Å². The third-order valence-electron chi connectivity index (χ3n) is 4.55. The van der Waals surface area contributed by atoms with Gasteiger partial charge in [-0.2, -0.15) is 24.9 Å². The largest absolute Gasteiger partial charge is 0.250 e. The maximum atomic E-state index is 3.92. The lowest BCUT2D eigenvalue weighted by Crippen LogP contribution is -2.04. The van der Waals surface area contributed by atoms with Gasteiger partial charge >= 0.3 is 0 Å². The summed E-state index contributed by atoms with van der Waals surface area (Å²) >= 11 is 0. The molecule has 5 aromatic rings. The number of hydrogen-bond acceptors (Lipinski definition) is 12. The van der Waals surface area contributed by atoms with E-state index in [1.54, 1.807) is 61.2 Å². The molecule has 0 N–H and O–H groups in total. The molecule has 0 saturated heterocycles. The second-order valence-electron chi connectivity index (χ2n) is 9.62. The van der Waals surface area contributed by atoms with Crippen LogP contribution >= 0.6 is 0 Å². The quantitative estimate of drug-likeness (QED) is 0.171. The molecule has 17 nitrogen and oxygen atoms in total. The molecule has 0 aliphatic heterocycles. The van der Waals surface area contributed by atoms with Gasteiger partial charge in [0.25, 0.3) is 0 Å². The molecular weight excluding hydrogens is 634 g/mol. The number of tetrazole rings is 2. The highest BCUT2D eigenvalue weighted by Gasteiger charge is 1.96. The minimum Gasteiger partial charge on any atom is -0.250 e.